The van der Waals surface area contributed by atoms with Crippen LogP contribution in [0.1, 0.15) is 38.0 Å². The molecule has 1 fully saturated rings. The summed E-state index contributed by atoms with van der Waals surface area (Å²) in [6.45, 7) is 6.05. The molecule has 0 spiro atoms. The van der Waals surface area contributed by atoms with Crippen molar-refractivity contribution < 1.29 is 33.6 Å². The van der Waals surface area contributed by atoms with Gasteiger partial charge in [-0.15, -0.1) is 0 Å². The van der Waals surface area contributed by atoms with E-state index in [9.17, 15) is 14.7 Å². The monoisotopic (exact) mass is 352 g/mol. The highest BCUT2D eigenvalue weighted by atomic mass is 16.6. The minimum Gasteiger partial charge on any atom is -0.496 e. The van der Waals surface area contributed by atoms with Crippen LogP contribution < -0.4 is 4.74 Å². The van der Waals surface area contributed by atoms with Crippen LogP contribution in [-0.2, 0) is 23.8 Å². The topological polar surface area (TPSA) is 91.3 Å². The molecule has 1 aliphatic heterocycles. The highest BCUT2D eigenvalue weighted by molar-refractivity contribution is 5.67. The van der Waals surface area contributed by atoms with E-state index in [4.69, 9.17) is 18.9 Å². The van der Waals surface area contributed by atoms with Crippen molar-refractivity contribution in [3.63, 3.8) is 0 Å². The number of carbonyl (C=O) groups excluding carboxylic acids is 2. The number of hydrogen-bond donors (Lipinski definition) is 1. The van der Waals surface area contributed by atoms with Crippen molar-refractivity contribution >= 4 is 11.9 Å². The van der Waals surface area contributed by atoms with E-state index in [0.29, 0.717) is 5.75 Å². The number of methoxy groups -OCH3 is 1. The summed E-state index contributed by atoms with van der Waals surface area (Å²) in [7, 11) is 1.58. The van der Waals surface area contributed by atoms with Gasteiger partial charge < -0.3 is 24.1 Å². The molecule has 5 atom stereocenters. The van der Waals surface area contributed by atoms with E-state index in [1.54, 1.807) is 26.2 Å². The third-order valence-corrected chi connectivity index (χ3v) is 4.15. The molecule has 1 heterocycles. The van der Waals surface area contributed by atoms with Crippen LogP contribution in [-0.4, -0.2) is 48.6 Å². The Labute approximate surface area is 146 Å². The van der Waals surface area contributed by atoms with E-state index < -0.39 is 42.5 Å². The Bertz CT molecular complexity index is 642. The number of aliphatic hydroxyl groups is 1. The fraction of sp³-hybridized carbons (Fsp3) is 0.556. The molecule has 1 aromatic rings. The van der Waals surface area contributed by atoms with Crippen molar-refractivity contribution in [3.8, 4) is 5.75 Å². The Morgan fingerprint density at radius 2 is 1.72 bits per heavy atom. The Kier molecular flexibility index (Phi) is 6.02. The SMILES string of the molecule is COc1ccc(C2OC(C)C(O)C(OC(C)=O)C2OC(C)=O)cc1C. The first-order chi connectivity index (χ1) is 11.7. The summed E-state index contributed by atoms with van der Waals surface area (Å²) in [5.74, 6) is -0.407. The lowest BCUT2D eigenvalue weighted by molar-refractivity contribution is -0.239. The molecule has 2 rings (SSSR count). The number of benzene rings is 1. The summed E-state index contributed by atoms with van der Waals surface area (Å²) in [5, 5.41) is 10.4. The second-order valence-corrected chi connectivity index (χ2v) is 6.13. The van der Waals surface area contributed by atoms with E-state index in [-0.39, 0.29) is 0 Å². The third-order valence-electron chi connectivity index (χ3n) is 4.15. The van der Waals surface area contributed by atoms with E-state index in [1.807, 2.05) is 13.0 Å². The van der Waals surface area contributed by atoms with Gasteiger partial charge in [-0.05, 0) is 37.1 Å². The molecule has 7 nitrogen and oxygen atoms in total. The molecule has 0 bridgehead atoms. The van der Waals surface area contributed by atoms with Crippen molar-refractivity contribution in [1.82, 2.24) is 0 Å². The average molecular weight is 352 g/mol. The lowest BCUT2D eigenvalue weighted by atomic mass is 9.90. The van der Waals surface area contributed by atoms with Gasteiger partial charge in [0.2, 0.25) is 0 Å². The zero-order valence-electron chi connectivity index (χ0n) is 15.0. The number of rotatable bonds is 4. The molecule has 138 valence electrons. The van der Waals surface area contributed by atoms with Crippen LogP contribution in [0.5, 0.6) is 5.75 Å². The largest absolute Gasteiger partial charge is 0.496 e. The first-order valence-corrected chi connectivity index (χ1v) is 8.07. The summed E-state index contributed by atoms with van der Waals surface area (Å²) in [4.78, 5) is 23.0. The maximum Gasteiger partial charge on any atom is 0.303 e. The van der Waals surface area contributed by atoms with Gasteiger partial charge in [-0.25, -0.2) is 0 Å². The number of aryl methyl sites for hydroxylation is 1. The predicted octanol–water partition coefficient (Wildman–Crippen LogP) is 1.69. The summed E-state index contributed by atoms with van der Waals surface area (Å²) in [5.41, 5.74) is 1.62. The predicted molar refractivity (Wildman–Crippen MR) is 88.1 cm³/mol. The molecule has 5 unspecified atom stereocenters. The van der Waals surface area contributed by atoms with Gasteiger partial charge in [0.15, 0.2) is 12.2 Å². The summed E-state index contributed by atoms with van der Waals surface area (Å²) in [6.07, 6.45) is -4.37. The van der Waals surface area contributed by atoms with Crippen LogP contribution >= 0.6 is 0 Å². The molecular formula is C18H24O7. The van der Waals surface area contributed by atoms with Gasteiger partial charge in [0.25, 0.3) is 0 Å². The lowest BCUT2D eigenvalue weighted by Crippen LogP contribution is -2.56. The fourth-order valence-corrected chi connectivity index (χ4v) is 3.02. The van der Waals surface area contributed by atoms with Gasteiger partial charge in [-0.3, -0.25) is 9.59 Å². The van der Waals surface area contributed by atoms with Crippen LogP contribution in [0, 0.1) is 6.92 Å². The van der Waals surface area contributed by atoms with Crippen LogP contribution in [0.2, 0.25) is 0 Å². The van der Waals surface area contributed by atoms with Gasteiger partial charge in [0, 0.05) is 13.8 Å². The number of ether oxygens (including phenoxy) is 4. The minimum absolute atomic E-state index is 0.553. The zero-order valence-corrected chi connectivity index (χ0v) is 15.0. The van der Waals surface area contributed by atoms with Crippen molar-refractivity contribution in [2.24, 2.45) is 0 Å². The molecule has 0 radical (unpaired) electrons. The van der Waals surface area contributed by atoms with E-state index in [2.05, 4.69) is 0 Å². The molecule has 1 aromatic carbocycles. The summed E-state index contributed by atoms with van der Waals surface area (Å²) < 4.78 is 21.7. The number of esters is 2. The molecule has 0 saturated carbocycles. The van der Waals surface area contributed by atoms with E-state index >= 15 is 0 Å². The molecule has 1 N–H and O–H groups in total. The van der Waals surface area contributed by atoms with Gasteiger partial charge in [0.1, 0.15) is 18.0 Å². The highest BCUT2D eigenvalue weighted by Crippen LogP contribution is 2.37. The maximum atomic E-state index is 11.6. The molecular weight excluding hydrogens is 328 g/mol. The highest BCUT2D eigenvalue weighted by Gasteiger charge is 2.48. The Hall–Kier alpha value is -2.12. The van der Waals surface area contributed by atoms with Gasteiger partial charge in [-0.2, -0.15) is 0 Å². The van der Waals surface area contributed by atoms with Crippen LogP contribution in [0.25, 0.3) is 0 Å². The lowest BCUT2D eigenvalue weighted by Gasteiger charge is -2.42. The molecule has 0 aliphatic carbocycles. The van der Waals surface area contributed by atoms with Crippen LogP contribution in [0.3, 0.4) is 0 Å². The standard InChI is InChI=1S/C18H24O7/c1-9-8-13(6-7-14(9)22-5)16-18(25-12(4)20)17(24-11(3)19)15(21)10(2)23-16/h6-8,10,15-18,21H,1-5H3. The number of carbonyl (C=O) groups is 2. The van der Waals surface area contributed by atoms with Crippen molar-refractivity contribution in [2.45, 2.75) is 58.2 Å². The molecule has 7 heteroatoms. The van der Waals surface area contributed by atoms with Gasteiger partial charge in [-0.1, -0.05) is 6.07 Å². The maximum absolute atomic E-state index is 11.6. The van der Waals surface area contributed by atoms with Crippen LogP contribution in [0.4, 0.5) is 0 Å². The normalized spacial score (nSPS) is 29.0. The van der Waals surface area contributed by atoms with Gasteiger partial charge >= 0.3 is 11.9 Å². The Morgan fingerprint density at radius 1 is 1.12 bits per heavy atom. The molecule has 25 heavy (non-hydrogen) atoms. The smallest absolute Gasteiger partial charge is 0.303 e. The second kappa shape index (κ2) is 7.84. The van der Waals surface area contributed by atoms with Crippen molar-refractivity contribution in [3.05, 3.63) is 29.3 Å². The van der Waals surface area contributed by atoms with E-state index in [0.717, 1.165) is 11.1 Å². The molecule has 0 aromatic heterocycles. The summed E-state index contributed by atoms with van der Waals surface area (Å²) >= 11 is 0. The first kappa shape index (κ1) is 19.2. The zero-order chi connectivity index (χ0) is 18.7. The molecule has 1 saturated heterocycles. The quantitative estimate of drug-likeness (QED) is 0.825. The van der Waals surface area contributed by atoms with Crippen molar-refractivity contribution in [2.75, 3.05) is 7.11 Å². The second-order valence-electron chi connectivity index (χ2n) is 6.13. The fourth-order valence-electron chi connectivity index (χ4n) is 3.02. The Balaban J connectivity index is 2.42. The third kappa shape index (κ3) is 4.29. The van der Waals surface area contributed by atoms with Crippen LogP contribution in [0.15, 0.2) is 18.2 Å². The number of hydrogen-bond acceptors (Lipinski definition) is 7. The minimum atomic E-state index is -1.11. The number of aliphatic hydroxyl groups excluding tert-OH is 1. The molecule has 0 amide bonds. The average Bonchev–Trinajstić information content (AvgIpc) is 2.53. The van der Waals surface area contributed by atoms with E-state index in [1.165, 1.54) is 13.8 Å². The van der Waals surface area contributed by atoms with Gasteiger partial charge in [0.05, 0.1) is 13.2 Å². The summed E-state index contributed by atoms with van der Waals surface area (Å²) in [6, 6.07) is 5.44. The first-order valence-electron chi connectivity index (χ1n) is 8.07. The van der Waals surface area contributed by atoms with Crippen molar-refractivity contribution in [1.29, 1.82) is 0 Å². The molecule has 1 aliphatic rings. The Morgan fingerprint density at radius 3 is 2.24 bits per heavy atom.